The molecule has 2 aromatic carbocycles. The van der Waals surface area contributed by atoms with Crippen molar-refractivity contribution in [1.82, 2.24) is 5.32 Å². The van der Waals surface area contributed by atoms with Crippen molar-refractivity contribution in [3.05, 3.63) is 65.5 Å². The van der Waals surface area contributed by atoms with Crippen molar-refractivity contribution >= 4 is 5.91 Å². The highest BCUT2D eigenvalue weighted by Crippen LogP contribution is 2.22. The van der Waals surface area contributed by atoms with Gasteiger partial charge in [0.15, 0.2) is 0 Å². The number of amides is 1. The van der Waals surface area contributed by atoms with Crippen LogP contribution in [0.5, 0.6) is 5.75 Å². The minimum atomic E-state index is -0.462. The summed E-state index contributed by atoms with van der Waals surface area (Å²) in [5, 5.41) is 2.99. The van der Waals surface area contributed by atoms with Crippen LogP contribution in [0.25, 0.3) is 0 Å². The van der Waals surface area contributed by atoms with Crippen molar-refractivity contribution in [2.75, 3.05) is 13.2 Å². The highest BCUT2D eigenvalue weighted by atomic mass is 19.1. The topological polar surface area (TPSA) is 73.6 Å². The quantitative estimate of drug-likeness (QED) is 0.784. The molecule has 1 unspecified atom stereocenters. The first-order valence-electron chi connectivity index (χ1n) is 9.16. The number of ether oxygens (including phenoxy) is 2. The van der Waals surface area contributed by atoms with Crippen molar-refractivity contribution < 1.29 is 18.7 Å². The number of carbonyl (C=O) groups excluding carboxylic acids is 1. The summed E-state index contributed by atoms with van der Waals surface area (Å²) in [5.74, 6) is 0.412. The number of hydrogen-bond acceptors (Lipinski definition) is 4. The summed E-state index contributed by atoms with van der Waals surface area (Å²) in [5.41, 5.74) is 7.57. The molecule has 1 aliphatic heterocycles. The SMILES string of the molecule is CC(NC(=O)[C@@H]1OCC[C@@H]1CN)c1ccc(OCc2ccc(F)cc2)cc1. The van der Waals surface area contributed by atoms with Gasteiger partial charge >= 0.3 is 0 Å². The molecule has 5 nitrogen and oxygen atoms in total. The molecule has 0 radical (unpaired) electrons. The highest BCUT2D eigenvalue weighted by Gasteiger charge is 2.33. The second-order valence-corrected chi connectivity index (χ2v) is 6.79. The first-order chi connectivity index (χ1) is 13.1. The molecule has 0 saturated carbocycles. The van der Waals surface area contributed by atoms with Crippen LogP contribution >= 0.6 is 0 Å². The molecule has 27 heavy (non-hydrogen) atoms. The monoisotopic (exact) mass is 372 g/mol. The molecule has 144 valence electrons. The Kier molecular flexibility index (Phi) is 6.42. The summed E-state index contributed by atoms with van der Waals surface area (Å²) in [6, 6.07) is 13.6. The predicted octanol–water partition coefficient (Wildman–Crippen LogP) is 2.95. The second kappa shape index (κ2) is 8.97. The Morgan fingerprint density at radius 3 is 2.63 bits per heavy atom. The number of hydrogen-bond donors (Lipinski definition) is 2. The van der Waals surface area contributed by atoms with Crippen LogP contribution < -0.4 is 15.8 Å². The van der Waals surface area contributed by atoms with Crippen LogP contribution in [0.4, 0.5) is 4.39 Å². The first-order valence-corrected chi connectivity index (χ1v) is 9.16. The van der Waals surface area contributed by atoms with Crippen LogP contribution in [0, 0.1) is 11.7 Å². The molecule has 0 aliphatic carbocycles. The zero-order valence-corrected chi connectivity index (χ0v) is 15.4. The second-order valence-electron chi connectivity index (χ2n) is 6.79. The van der Waals surface area contributed by atoms with E-state index in [-0.39, 0.29) is 23.7 Å². The van der Waals surface area contributed by atoms with Gasteiger partial charge < -0.3 is 20.5 Å². The van der Waals surface area contributed by atoms with Gasteiger partial charge in [0.1, 0.15) is 24.3 Å². The average molecular weight is 372 g/mol. The summed E-state index contributed by atoms with van der Waals surface area (Å²) in [7, 11) is 0. The molecular weight excluding hydrogens is 347 g/mol. The fraction of sp³-hybridized carbons (Fsp3) is 0.381. The van der Waals surface area contributed by atoms with Crippen LogP contribution in [-0.2, 0) is 16.1 Å². The van der Waals surface area contributed by atoms with E-state index in [1.165, 1.54) is 12.1 Å². The molecule has 3 atom stereocenters. The Morgan fingerprint density at radius 1 is 1.26 bits per heavy atom. The molecule has 0 spiro atoms. The van der Waals surface area contributed by atoms with Crippen molar-refractivity contribution in [2.24, 2.45) is 11.7 Å². The zero-order valence-electron chi connectivity index (χ0n) is 15.4. The van der Waals surface area contributed by atoms with Crippen LogP contribution in [0.15, 0.2) is 48.5 Å². The summed E-state index contributed by atoms with van der Waals surface area (Å²) < 4.78 is 24.1. The van der Waals surface area contributed by atoms with E-state index >= 15 is 0 Å². The Labute approximate surface area is 158 Å². The fourth-order valence-corrected chi connectivity index (χ4v) is 3.14. The minimum Gasteiger partial charge on any atom is -0.489 e. The fourth-order valence-electron chi connectivity index (χ4n) is 3.14. The third-order valence-corrected chi connectivity index (χ3v) is 4.83. The molecular formula is C21H25FN2O3. The van der Waals surface area contributed by atoms with Gasteiger partial charge in [0.05, 0.1) is 6.04 Å². The Balaban J connectivity index is 1.53. The molecule has 6 heteroatoms. The summed E-state index contributed by atoms with van der Waals surface area (Å²) in [6.07, 6.45) is 0.360. The van der Waals surface area contributed by atoms with Crippen molar-refractivity contribution in [2.45, 2.75) is 32.1 Å². The van der Waals surface area contributed by atoms with Crippen LogP contribution in [0.3, 0.4) is 0 Å². The normalized spacial score (nSPS) is 20.3. The lowest BCUT2D eigenvalue weighted by molar-refractivity contribution is -0.132. The lowest BCUT2D eigenvalue weighted by Crippen LogP contribution is -2.41. The third kappa shape index (κ3) is 5.05. The predicted molar refractivity (Wildman–Crippen MR) is 101 cm³/mol. The third-order valence-electron chi connectivity index (χ3n) is 4.83. The summed E-state index contributed by atoms with van der Waals surface area (Å²) >= 11 is 0. The molecule has 1 saturated heterocycles. The number of benzene rings is 2. The molecule has 1 fully saturated rings. The van der Waals surface area contributed by atoms with E-state index in [4.69, 9.17) is 15.2 Å². The van der Waals surface area contributed by atoms with Crippen LogP contribution in [0.2, 0.25) is 0 Å². The Hall–Kier alpha value is -2.44. The number of rotatable bonds is 7. The molecule has 0 aromatic heterocycles. The van der Waals surface area contributed by atoms with Gasteiger partial charge in [-0.15, -0.1) is 0 Å². The molecule has 1 heterocycles. The average Bonchev–Trinajstić information content (AvgIpc) is 3.17. The van der Waals surface area contributed by atoms with Gasteiger partial charge in [0.2, 0.25) is 5.91 Å². The van der Waals surface area contributed by atoms with Crippen molar-refractivity contribution in [1.29, 1.82) is 0 Å². The molecule has 2 aromatic rings. The van der Waals surface area contributed by atoms with Gasteiger partial charge in [-0.2, -0.15) is 0 Å². The summed E-state index contributed by atoms with van der Waals surface area (Å²) in [6.45, 7) is 3.32. The van der Waals surface area contributed by atoms with Gasteiger partial charge in [-0.1, -0.05) is 24.3 Å². The maximum absolute atomic E-state index is 12.9. The Morgan fingerprint density at radius 2 is 1.96 bits per heavy atom. The van der Waals surface area contributed by atoms with Gasteiger partial charge in [-0.3, -0.25) is 4.79 Å². The smallest absolute Gasteiger partial charge is 0.249 e. The van der Waals surface area contributed by atoms with E-state index in [2.05, 4.69) is 5.32 Å². The van der Waals surface area contributed by atoms with E-state index in [1.54, 1.807) is 12.1 Å². The molecule has 0 bridgehead atoms. The number of carbonyl (C=O) groups is 1. The van der Waals surface area contributed by atoms with E-state index in [1.807, 2.05) is 31.2 Å². The lowest BCUT2D eigenvalue weighted by atomic mass is 10.0. The van der Waals surface area contributed by atoms with Crippen molar-refractivity contribution in [3.8, 4) is 5.75 Å². The van der Waals surface area contributed by atoms with E-state index in [0.717, 1.165) is 17.5 Å². The summed E-state index contributed by atoms with van der Waals surface area (Å²) in [4.78, 5) is 12.4. The number of nitrogens with one attached hydrogen (secondary N) is 1. The Bertz CT molecular complexity index is 749. The first kappa shape index (κ1) is 19.3. The molecule has 1 aliphatic rings. The molecule has 3 N–H and O–H groups in total. The maximum Gasteiger partial charge on any atom is 0.249 e. The van der Waals surface area contributed by atoms with E-state index < -0.39 is 6.10 Å². The highest BCUT2D eigenvalue weighted by molar-refractivity contribution is 5.81. The van der Waals surface area contributed by atoms with E-state index in [9.17, 15) is 9.18 Å². The maximum atomic E-state index is 12.9. The van der Waals surface area contributed by atoms with E-state index in [0.29, 0.717) is 25.5 Å². The molecule has 3 rings (SSSR count). The van der Waals surface area contributed by atoms with Gasteiger partial charge in [-0.25, -0.2) is 4.39 Å². The zero-order chi connectivity index (χ0) is 19.2. The lowest BCUT2D eigenvalue weighted by Gasteiger charge is -2.20. The van der Waals surface area contributed by atoms with Crippen molar-refractivity contribution in [3.63, 3.8) is 0 Å². The standard InChI is InChI=1S/C21H25FN2O3/c1-14(24-21(25)20-17(12-23)10-11-26-20)16-4-8-19(9-5-16)27-13-15-2-6-18(22)7-3-15/h2-9,14,17,20H,10-13,23H2,1H3,(H,24,25)/t14?,17-,20-/m1/s1. The largest absolute Gasteiger partial charge is 0.489 e. The van der Waals surface area contributed by atoms with Crippen LogP contribution in [-0.4, -0.2) is 25.2 Å². The van der Waals surface area contributed by atoms with Gasteiger partial charge in [0, 0.05) is 12.5 Å². The number of nitrogens with two attached hydrogens (primary N) is 1. The van der Waals surface area contributed by atoms with Crippen LogP contribution in [0.1, 0.15) is 30.5 Å². The van der Waals surface area contributed by atoms with Gasteiger partial charge in [0.25, 0.3) is 0 Å². The van der Waals surface area contributed by atoms with Gasteiger partial charge in [-0.05, 0) is 55.3 Å². The number of halogens is 1. The molecule has 1 amide bonds. The minimum absolute atomic E-state index is 0.0828.